The van der Waals surface area contributed by atoms with Crippen molar-refractivity contribution in [2.45, 2.75) is 6.42 Å². The Morgan fingerprint density at radius 3 is 2.54 bits per heavy atom. The van der Waals surface area contributed by atoms with Crippen LogP contribution in [0.1, 0.15) is 15.9 Å². The maximum atomic E-state index is 13.6. The van der Waals surface area contributed by atoms with Crippen molar-refractivity contribution in [3.8, 4) is 5.75 Å². The van der Waals surface area contributed by atoms with E-state index in [1.807, 2.05) is 0 Å². The summed E-state index contributed by atoms with van der Waals surface area (Å²) in [6.45, 7) is 0. The van der Waals surface area contributed by atoms with E-state index < -0.39 is 17.7 Å². The third-order valence-electron chi connectivity index (χ3n) is 3.24. The zero-order chi connectivity index (χ0) is 17.7. The largest absolute Gasteiger partial charge is 0.494 e. The quantitative estimate of drug-likeness (QED) is 0.838. The molecule has 0 radical (unpaired) electrons. The fraction of sp³-hybridized carbons (Fsp3) is 0.176. The molecule has 0 spiro atoms. The third kappa shape index (κ3) is 4.23. The Labute approximate surface area is 143 Å². The highest BCUT2D eigenvalue weighted by Gasteiger charge is 2.12. The fourth-order valence-corrected chi connectivity index (χ4v) is 2.23. The van der Waals surface area contributed by atoms with Gasteiger partial charge in [0.15, 0.2) is 11.6 Å². The number of benzene rings is 2. The molecule has 0 fully saturated rings. The molecule has 0 aliphatic carbocycles. The second-order valence-electron chi connectivity index (χ2n) is 4.88. The molecule has 0 aliphatic rings. The Balaban J connectivity index is 2.12. The van der Waals surface area contributed by atoms with Crippen LogP contribution in [0.15, 0.2) is 36.4 Å². The first-order chi connectivity index (χ1) is 11.4. The molecule has 126 valence electrons. The molecule has 1 amide bonds. The van der Waals surface area contributed by atoms with Crippen LogP contribution in [-0.4, -0.2) is 26.1 Å². The molecule has 0 bridgehead atoms. The molecule has 2 aromatic carbocycles. The van der Waals surface area contributed by atoms with Crippen LogP contribution in [0.4, 0.5) is 10.1 Å². The number of anilines is 1. The number of methoxy groups -OCH3 is 2. The Hall–Kier alpha value is -2.60. The second kappa shape index (κ2) is 7.79. The van der Waals surface area contributed by atoms with Crippen LogP contribution >= 0.6 is 11.6 Å². The molecule has 0 aromatic heterocycles. The van der Waals surface area contributed by atoms with Crippen LogP contribution < -0.4 is 10.1 Å². The predicted molar refractivity (Wildman–Crippen MR) is 88.1 cm³/mol. The number of rotatable bonds is 5. The van der Waals surface area contributed by atoms with E-state index in [2.05, 4.69) is 10.1 Å². The van der Waals surface area contributed by atoms with Gasteiger partial charge in [-0.1, -0.05) is 17.7 Å². The van der Waals surface area contributed by atoms with Crippen LogP contribution in [0, 0.1) is 5.82 Å². The van der Waals surface area contributed by atoms with Gasteiger partial charge in [0.05, 0.1) is 36.9 Å². The first kappa shape index (κ1) is 17.7. The number of esters is 1. The Bertz CT molecular complexity index is 779. The maximum Gasteiger partial charge on any atom is 0.337 e. The molecule has 0 aliphatic heterocycles. The van der Waals surface area contributed by atoms with E-state index in [-0.39, 0.29) is 28.4 Å². The minimum absolute atomic E-state index is 0.0559. The minimum Gasteiger partial charge on any atom is -0.494 e. The second-order valence-corrected chi connectivity index (χ2v) is 5.29. The van der Waals surface area contributed by atoms with E-state index in [0.29, 0.717) is 5.56 Å². The maximum absolute atomic E-state index is 13.6. The van der Waals surface area contributed by atoms with Gasteiger partial charge in [-0.2, -0.15) is 0 Å². The summed E-state index contributed by atoms with van der Waals surface area (Å²) in [6, 6.07) is 8.65. The van der Waals surface area contributed by atoms with Crippen molar-refractivity contribution in [2.75, 3.05) is 19.5 Å². The first-order valence-electron chi connectivity index (χ1n) is 6.94. The first-order valence-corrected chi connectivity index (χ1v) is 7.32. The van der Waals surface area contributed by atoms with Gasteiger partial charge in [0.25, 0.3) is 0 Å². The predicted octanol–water partition coefficient (Wildman–Crippen LogP) is 3.46. The van der Waals surface area contributed by atoms with Gasteiger partial charge in [-0.25, -0.2) is 9.18 Å². The zero-order valence-electron chi connectivity index (χ0n) is 13.1. The third-order valence-corrected chi connectivity index (χ3v) is 3.57. The van der Waals surface area contributed by atoms with Crippen LogP contribution in [0.3, 0.4) is 0 Å². The number of hydrogen-bond donors (Lipinski definition) is 1. The van der Waals surface area contributed by atoms with Crippen molar-refractivity contribution in [3.63, 3.8) is 0 Å². The van der Waals surface area contributed by atoms with Crippen LogP contribution in [0.2, 0.25) is 5.02 Å². The monoisotopic (exact) mass is 351 g/mol. The van der Waals surface area contributed by atoms with E-state index in [4.69, 9.17) is 16.3 Å². The highest BCUT2D eigenvalue weighted by atomic mass is 35.5. The molecular weight excluding hydrogens is 337 g/mol. The van der Waals surface area contributed by atoms with Crippen LogP contribution in [-0.2, 0) is 16.0 Å². The summed E-state index contributed by atoms with van der Waals surface area (Å²) in [5, 5.41) is 2.87. The molecule has 0 saturated heterocycles. The highest BCUT2D eigenvalue weighted by Crippen LogP contribution is 2.24. The SMILES string of the molecule is COC(=O)c1ccc(Cl)c(NC(=O)Cc2ccc(OC)c(F)c2)c1. The van der Waals surface area contributed by atoms with Gasteiger partial charge in [-0.3, -0.25) is 4.79 Å². The molecule has 24 heavy (non-hydrogen) atoms. The van der Waals surface area contributed by atoms with E-state index in [1.165, 1.54) is 44.6 Å². The normalized spacial score (nSPS) is 10.2. The summed E-state index contributed by atoms with van der Waals surface area (Å²) in [6.07, 6.45) is -0.0559. The van der Waals surface area contributed by atoms with Crippen molar-refractivity contribution in [1.82, 2.24) is 0 Å². The van der Waals surface area contributed by atoms with Crippen LogP contribution in [0.5, 0.6) is 5.75 Å². The van der Waals surface area contributed by atoms with Gasteiger partial charge in [-0.05, 0) is 35.9 Å². The van der Waals surface area contributed by atoms with E-state index in [9.17, 15) is 14.0 Å². The van der Waals surface area contributed by atoms with Crippen molar-refractivity contribution >= 4 is 29.2 Å². The van der Waals surface area contributed by atoms with Gasteiger partial charge in [0.2, 0.25) is 5.91 Å². The molecule has 0 unspecified atom stereocenters. The summed E-state index contributed by atoms with van der Waals surface area (Å²) in [5.74, 6) is -1.38. The lowest BCUT2D eigenvalue weighted by atomic mass is 10.1. The lowest BCUT2D eigenvalue weighted by Crippen LogP contribution is -2.15. The average Bonchev–Trinajstić information content (AvgIpc) is 2.56. The summed E-state index contributed by atoms with van der Waals surface area (Å²) < 4.78 is 23.1. The van der Waals surface area contributed by atoms with Gasteiger partial charge >= 0.3 is 5.97 Å². The molecular formula is C17H15ClFNO4. The van der Waals surface area contributed by atoms with Gasteiger partial charge < -0.3 is 14.8 Å². The van der Waals surface area contributed by atoms with E-state index >= 15 is 0 Å². The molecule has 2 aromatic rings. The smallest absolute Gasteiger partial charge is 0.337 e. The zero-order valence-corrected chi connectivity index (χ0v) is 13.8. The highest BCUT2D eigenvalue weighted by molar-refractivity contribution is 6.33. The van der Waals surface area contributed by atoms with Crippen molar-refractivity contribution < 1.29 is 23.5 Å². The topological polar surface area (TPSA) is 64.6 Å². The Kier molecular flexibility index (Phi) is 5.76. The Morgan fingerprint density at radius 1 is 1.17 bits per heavy atom. The molecule has 7 heteroatoms. The molecule has 2 rings (SSSR count). The molecule has 5 nitrogen and oxygen atoms in total. The lowest BCUT2D eigenvalue weighted by Gasteiger charge is -2.09. The van der Waals surface area contributed by atoms with Crippen molar-refractivity contribution in [2.24, 2.45) is 0 Å². The van der Waals surface area contributed by atoms with Gasteiger partial charge in [0.1, 0.15) is 0 Å². The number of carbonyl (C=O) groups excluding carboxylic acids is 2. The average molecular weight is 352 g/mol. The molecule has 0 atom stereocenters. The van der Waals surface area contributed by atoms with Crippen molar-refractivity contribution in [1.29, 1.82) is 0 Å². The number of hydrogen-bond acceptors (Lipinski definition) is 4. The molecule has 1 N–H and O–H groups in total. The number of carbonyl (C=O) groups is 2. The summed E-state index contributed by atoms with van der Waals surface area (Å²) in [4.78, 5) is 23.6. The lowest BCUT2D eigenvalue weighted by molar-refractivity contribution is -0.115. The minimum atomic E-state index is -0.548. The summed E-state index contributed by atoms with van der Waals surface area (Å²) >= 11 is 6.01. The standard InChI is InChI=1S/C17H15ClFNO4/c1-23-15-6-3-10(7-13(15)19)8-16(21)20-14-9-11(17(22)24-2)4-5-12(14)18/h3-7,9H,8H2,1-2H3,(H,20,21). The number of halogens is 2. The Morgan fingerprint density at radius 2 is 1.92 bits per heavy atom. The molecule has 0 saturated carbocycles. The van der Waals surface area contributed by atoms with Gasteiger partial charge in [0, 0.05) is 0 Å². The van der Waals surface area contributed by atoms with Gasteiger partial charge in [-0.15, -0.1) is 0 Å². The molecule has 0 heterocycles. The van der Waals surface area contributed by atoms with E-state index in [0.717, 1.165) is 0 Å². The summed E-state index contributed by atoms with van der Waals surface area (Å²) in [5.41, 5.74) is 1.01. The summed E-state index contributed by atoms with van der Waals surface area (Å²) in [7, 11) is 2.62. The fourth-order valence-electron chi connectivity index (χ4n) is 2.07. The number of amides is 1. The number of ether oxygens (including phenoxy) is 2. The van der Waals surface area contributed by atoms with Crippen LogP contribution in [0.25, 0.3) is 0 Å². The van der Waals surface area contributed by atoms with Crippen molar-refractivity contribution in [3.05, 3.63) is 58.4 Å². The van der Waals surface area contributed by atoms with E-state index in [1.54, 1.807) is 6.07 Å². The number of nitrogens with one attached hydrogen (secondary N) is 1.